The molecular formula is C17H20N2O2S. The second kappa shape index (κ2) is 7.22. The number of carbonyl (C=O) groups is 2. The minimum Gasteiger partial charge on any atom is -0.342 e. The van der Waals surface area contributed by atoms with Gasteiger partial charge in [-0.25, -0.2) is 0 Å². The summed E-state index contributed by atoms with van der Waals surface area (Å²) < 4.78 is 0. The van der Waals surface area contributed by atoms with E-state index < -0.39 is 0 Å². The van der Waals surface area contributed by atoms with E-state index in [0.29, 0.717) is 10.8 Å². The molecular weight excluding hydrogens is 296 g/mol. The fraction of sp³-hybridized carbons (Fsp3) is 0.294. The molecule has 0 atom stereocenters. The van der Waals surface area contributed by atoms with E-state index in [2.05, 4.69) is 24.5 Å². The Bertz CT molecular complexity index is 663. The van der Waals surface area contributed by atoms with Crippen molar-refractivity contribution < 1.29 is 9.59 Å². The lowest BCUT2D eigenvalue weighted by Gasteiger charge is -2.16. The molecule has 2 aromatic rings. The van der Waals surface area contributed by atoms with Gasteiger partial charge in [0.1, 0.15) is 0 Å². The van der Waals surface area contributed by atoms with Gasteiger partial charge in [-0.05, 0) is 35.4 Å². The Morgan fingerprint density at radius 1 is 1.18 bits per heavy atom. The summed E-state index contributed by atoms with van der Waals surface area (Å²) in [6.07, 6.45) is 0. The van der Waals surface area contributed by atoms with Gasteiger partial charge in [-0.1, -0.05) is 38.1 Å². The van der Waals surface area contributed by atoms with Crippen molar-refractivity contribution in [2.45, 2.75) is 26.7 Å². The lowest BCUT2D eigenvalue weighted by molar-refractivity contribution is -0.115. The number of nitrogens with one attached hydrogen (secondary N) is 2. The Balaban J connectivity index is 1.99. The van der Waals surface area contributed by atoms with Gasteiger partial charge in [-0.2, -0.15) is 0 Å². The van der Waals surface area contributed by atoms with Crippen molar-refractivity contribution in [2.75, 3.05) is 11.9 Å². The van der Waals surface area contributed by atoms with Crippen LogP contribution >= 0.6 is 11.3 Å². The lowest BCUT2D eigenvalue weighted by Crippen LogP contribution is -2.32. The van der Waals surface area contributed by atoms with Crippen LogP contribution in [0.2, 0.25) is 0 Å². The van der Waals surface area contributed by atoms with Crippen LogP contribution in [0.3, 0.4) is 0 Å². The molecule has 0 saturated heterocycles. The first-order chi connectivity index (χ1) is 10.5. The Hall–Kier alpha value is -2.14. The van der Waals surface area contributed by atoms with E-state index in [4.69, 9.17) is 0 Å². The number of para-hydroxylation sites is 1. The largest absolute Gasteiger partial charge is 0.342 e. The molecule has 0 fully saturated rings. The van der Waals surface area contributed by atoms with Crippen LogP contribution in [0.15, 0.2) is 35.7 Å². The molecule has 0 radical (unpaired) electrons. The predicted octanol–water partition coefficient (Wildman–Crippen LogP) is 3.55. The average Bonchev–Trinajstić information content (AvgIpc) is 3.01. The van der Waals surface area contributed by atoms with Gasteiger partial charge in [0.25, 0.3) is 5.91 Å². The number of benzene rings is 1. The molecule has 1 heterocycles. The smallest absolute Gasteiger partial charge is 0.261 e. The molecule has 2 N–H and O–H groups in total. The first-order valence-corrected chi connectivity index (χ1v) is 8.08. The lowest BCUT2D eigenvalue weighted by atomic mass is 9.98. The van der Waals surface area contributed by atoms with Crippen LogP contribution in [0.25, 0.3) is 0 Å². The highest BCUT2D eigenvalue weighted by atomic mass is 32.1. The van der Waals surface area contributed by atoms with Crippen molar-refractivity contribution in [1.82, 2.24) is 5.32 Å². The van der Waals surface area contributed by atoms with Gasteiger partial charge in [0.05, 0.1) is 11.4 Å². The highest BCUT2D eigenvalue weighted by Gasteiger charge is 2.13. The Kier molecular flexibility index (Phi) is 5.33. The van der Waals surface area contributed by atoms with Crippen molar-refractivity contribution >= 4 is 28.8 Å². The Labute approximate surface area is 134 Å². The van der Waals surface area contributed by atoms with Gasteiger partial charge in [-0.3, -0.25) is 9.59 Å². The summed E-state index contributed by atoms with van der Waals surface area (Å²) in [4.78, 5) is 24.5. The molecule has 0 aliphatic heterocycles. The molecule has 0 aliphatic carbocycles. The van der Waals surface area contributed by atoms with Crippen LogP contribution in [-0.2, 0) is 4.79 Å². The molecule has 0 bridgehead atoms. The molecule has 0 unspecified atom stereocenters. The second-order valence-corrected chi connectivity index (χ2v) is 6.35. The molecule has 0 saturated carbocycles. The number of thiophene rings is 1. The topological polar surface area (TPSA) is 58.2 Å². The van der Waals surface area contributed by atoms with E-state index in [1.807, 2.05) is 36.6 Å². The SMILES string of the molecule is Cc1cccc(C(C)C)c1NC(=O)CNC(=O)c1cccs1. The van der Waals surface area contributed by atoms with E-state index in [9.17, 15) is 9.59 Å². The van der Waals surface area contributed by atoms with E-state index >= 15 is 0 Å². The normalized spacial score (nSPS) is 10.5. The van der Waals surface area contributed by atoms with Gasteiger partial charge in [0.2, 0.25) is 5.91 Å². The highest BCUT2D eigenvalue weighted by molar-refractivity contribution is 7.12. The molecule has 5 heteroatoms. The number of hydrogen-bond donors (Lipinski definition) is 2. The molecule has 0 aliphatic rings. The molecule has 2 rings (SSSR count). The van der Waals surface area contributed by atoms with E-state index in [0.717, 1.165) is 16.8 Å². The number of amides is 2. The van der Waals surface area contributed by atoms with Gasteiger partial charge in [0, 0.05) is 5.69 Å². The quantitative estimate of drug-likeness (QED) is 0.886. The fourth-order valence-electron chi connectivity index (χ4n) is 2.18. The number of rotatable bonds is 5. The minimum atomic E-state index is -0.223. The number of carbonyl (C=O) groups excluding carboxylic acids is 2. The van der Waals surface area contributed by atoms with Crippen molar-refractivity contribution in [1.29, 1.82) is 0 Å². The number of aryl methyl sites for hydroxylation is 1. The van der Waals surface area contributed by atoms with Crippen LogP contribution in [-0.4, -0.2) is 18.4 Å². The van der Waals surface area contributed by atoms with Crippen LogP contribution in [0.4, 0.5) is 5.69 Å². The summed E-state index contributed by atoms with van der Waals surface area (Å²) in [6.45, 7) is 6.10. The number of anilines is 1. The van der Waals surface area contributed by atoms with Crippen LogP contribution in [0.1, 0.15) is 40.6 Å². The standard InChI is InChI=1S/C17H20N2O2S/c1-11(2)13-7-4-6-12(3)16(13)19-15(20)10-18-17(21)14-8-5-9-22-14/h4-9,11H,10H2,1-3H3,(H,18,21)(H,19,20). The minimum absolute atomic E-state index is 0.0391. The maximum Gasteiger partial charge on any atom is 0.261 e. The molecule has 4 nitrogen and oxygen atoms in total. The van der Waals surface area contributed by atoms with Gasteiger partial charge in [0.15, 0.2) is 0 Å². The third kappa shape index (κ3) is 3.95. The zero-order valence-corrected chi connectivity index (χ0v) is 13.8. The summed E-state index contributed by atoms with van der Waals surface area (Å²) >= 11 is 1.35. The van der Waals surface area contributed by atoms with Gasteiger partial charge >= 0.3 is 0 Å². The van der Waals surface area contributed by atoms with Crippen LogP contribution in [0, 0.1) is 6.92 Å². The van der Waals surface area contributed by atoms with Gasteiger partial charge in [-0.15, -0.1) is 11.3 Å². The monoisotopic (exact) mass is 316 g/mol. The molecule has 0 spiro atoms. The number of hydrogen-bond acceptors (Lipinski definition) is 3. The van der Waals surface area contributed by atoms with E-state index in [1.165, 1.54) is 11.3 Å². The molecule has 22 heavy (non-hydrogen) atoms. The summed E-state index contributed by atoms with van der Waals surface area (Å²) in [6, 6.07) is 9.50. The summed E-state index contributed by atoms with van der Waals surface area (Å²) in [5.41, 5.74) is 2.95. The molecule has 2 amide bonds. The zero-order valence-electron chi connectivity index (χ0n) is 13.0. The summed E-state index contributed by atoms with van der Waals surface area (Å²) in [5.74, 6) is -0.129. The van der Waals surface area contributed by atoms with E-state index in [1.54, 1.807) is 6.07 Å². The molecule has 116 valence electrons. The molecule has 1 aromatic heterocycles. The maximum atomic E-state index is 12.1. The second-order valence-electron chi connectivity index (χ2n) is 5.40. The van der Waals surface area contributed by atoms with E-state index in [-0.39, 0.29) is 18.4 Å². The Morgan fingerprint density at radius 2 is 1.95 bits per heavy atom. The predicted molar refractivity (Wildman–Crippen MR) is 90.5 cm³/mol. The Morgan fingerprint density at radius 3 is 2.59 bits per heavy atom. The first kappa shape index (κ1) is 16.2. The van der Waals surface area contributed by atoms with Crippen molar-refractivity contribution in [2.24, 2.45) is 0 Å². The van der Waals surface area contributed by atoms with Crippen molar-refractivity contribution in [3.8, 4) is 0 Å². The zero-order chi connectivity index (χ0) is 16.1. The third-order valence-electron chi connectivity index (χ3n) is 3.35. The fourth-order valence-corrected chi connectivity index (χ4v) is 2.82. The molecule has 1 aromatic carbocycles. The summed E-state index contributed by atoms with van der Waals surface area (Å²) in [5, 5.41) is 7.37. The first-order valence-electron chi connectivity index (χ1n) is 7.20. The van der Waals surface area contributed by atoms with Crippen LogP contribution in [0.5, 0.6) is 0 Å². The van der Waals surface area contributed by atoms with Crippen molar-refractivity contribution in [3.05, 3.63) is 51.7 Å². The highest BCUT2D eigenvalue weighted by Crippen LogP contribution is 2.27. The van der Waals surface area contributed by atoms with Gasteiger partial charge < -0.3 is 10.6 Å². The van der Waals surface area contributed by atoms with Crippen LogP contribution < -0.4 is 10.6 Å². The maximum absolute atomic E-state index is 12.1. The average molecular weight is 316 g/mol. The van der Waals surface area contributed by atoms with Crippen molar-refractivity contribution in [3.63, 3.8) is 0 Å². The summed E-state index contributed by atoms with van der Waals surface area (Å²) in [7, 11) is 0. The third-order valence-corrected chi connectivity index (χ3v) is 4.21.